The topological polar surface area (TPSA) is 35.2 Å². The van der Waals surface area contributed by atoms with Crippen molar-refractivity contribution in [2.24, 2.45) is 5.73 Å². The molecule has 0 aromatic heterocycles. The number of nitrogens with two attached hydrogens (primary N) is 1. The maximum absolute atomic E-state index is 6.31. The van der Waals surface area contributed by atoms with Crippen LogP contribution in [0.15, 0.2) is 24.3 Å². The lowest BCUT2D eigenvalue weighted by Crippen LogP contribution is -2.29. The van der Waals surface area contributed by atoms with E-state index in [0.29, 0.717) is 5.25 Å². The summed E-state index contributed by atoms with van der Waals surface area (Å²) in [7, 11) is 1.75. The second kappa shape index (κ2) is 5.71. The highest BCUT2D eigenvalue weighted by Crippen LogP contribution is 2.35. The van der Waals surface area contributed by atoms with Gasteiger partial charge in [-0.2, -0.15) is 11.8 Å². The van der Waals surface area contributed by atoms with Gasteiger partial charge in [0.1, 0.15) is 0 Å². The number of thioether (sulfide) groups is 1. The SMILES string of the molecule is COCCSC1CCc2ccccc2C1N. The van der Waals surface area contributed by atoms with Crippen molar-refractivity contribution in [1.29, 1.82) is 0 Å². The van der Waals surface area contributed by atoms with Crippen molar-refractivity contribution in [3.63, 3.8) is 0 Å². The lowest BCUT2D eigenvalue weighted by Gasteiger charge is -2.30. The van der Waals surface area contributed by atoms with Crippen LogP contribution in [-0.2, 0) is 11.2 Å². The van der Waals surface area contributed by atoms with Crippen LogP contribution in [0.5, 0.6) is 0 Å². The van der Waals surface area contributed by atoms with Crippen molar-refractivity contribution in [2.75, 3.05) is 19.5 Å². The molecule has 2 N–H and O–H groups in total. The quantitative estimate of drug-likeness (QED) is 0.817. The number of aryl methyl sites for hydroxylation is 1. The van der Waals surface area contributed by atoms with E-state index in [1.807, 2.05) is 11.8 Å². The molecule has 0 fully saturated rings. The summed E-state index contributed by atoms with van der Waals surface area (Å²) in [5, 5.41) is 0.546. The highest BCUT2D eigenvalue weighted by atomic mass is 32.2. The first-order valence-electron chi connectivity index (χ1n) is 5.77. The summed E-state index contributed by atoms with van der Waals surface area (Å²) in [6.45, 7) is 0.815. The van der Waals surface area contributed by atoms with E-state index in [-0.39, 0.29) is 6.04 Å². The number of benzene rings is 1. The number of hydrogen-bond donors (Lipinski definition) is 1. The Bertz CT molecular complexity index is 342. The van der Waals surface area contributed by atoms with Crippen molar-refractivity contribution in [2.45, 2.75) is 24.1 Å². The van der Waals surface area contributed by atoms with E-state index in [4.69, 9.17) is 10.5 Å². The number of hydrogen-bond acceptors (Lipinski definition) is 3. The maximum atomic E-state index is 6.31. The Kier molecular flexibility index (Phi) is 4.27. The van der Waals surface area contributed by atoms with Gasteiger partial charge in [-0.25, -0.2) is 0 Å². The van der Waals surface area contributed by atoms with Crippen molar-refractivity contribution >= 4 is 11.8 Å². The molecule has 0 amide bonds. The Morgan fingerprint density at radius 2 is 2.25 bits per heavy atom. The van der Waals surface area contributed by atoms with Crippen LogP contribution >= 0.6 is 11.8 Å². The normalized spacial score (nSPS) is 24.1. The van der Waals surface area contributed by atoms with Gasteiger partial charge in [-0.15, -0.1) is 0 Å². The molecule has 2 atom stereocenters. The minimum atomic E-state index is 0.187. The molecule has 2 rings (SSSR count). The molecule has 0 heterocycles. The van der Waals surface area contributed by atoms with Gasteiger partial charge in [0.15, 0.2) is 0 Å². The molecular weight excluding hydrogens is 218 g/mol. The molecule has 88 valence electrons. The molecule has 1 aliphatic rings. The highest BCUT2D eigenvalue weighted by Gasteiger charge is 2.26. The van der Waals surface area contributed by atoms with E-state index in [2.05, 4.69) is 24.3 Å². The number of rotatable bonds is 4. The van der Waals surface area contributed by atoms with Crippen LogP contribution in [0.1, 0.15) is 23.6 Å². The smallest absolute Gasteiger partial charge is 0.0553 e. The summed E-state index contributed by atoms with van der Waals surface area (Å²) in [4.78, 5) is 0. The van der Waals surface area contributed by atoms with Crippen molar-refractivity contribution in [3.05, 3.63) is 35.4 Å². The molecule has 0 radical (unpaired) electrons. The fourth-order valence-corrected chi connectivity index (χ4v) is 3.44. The first-order valence-corrected chi connectivity index (χ1v) is 6.81. The molecule has 0 bridgehead atoms. The van der Waals surface area contributed by atoms with Gasteiger partial charge in [-0.1, -0.05) is 24.3 Å². The Hall–Kier alpha value is -0.510. The van der Waals surface area contributed by atoms with Gasteiger partial charge >= 0.3 is 0 Å². The molecule has 0 spiro atoms. The number of ether oxygens (including phenoxy) is 1. The molecule has 0 saturated heterocycles. The average molecular weight is 237 g/mol. The van der Waals surface area contributed by atoms with Gasteiger partial charge in [0, 0.05) is 24.2 Å². The summed E-state index contributed by atoms with van der Waals surface area (Å²) in [5.74, 6) is 1.04. The van der Waals surface area contributed by atoms with Crippen molar-refractivity contribution in [1.82, 2.24) is 0 Å². The molecule has 0 saturated carbocycles. The Labute approximate surface area is 102 Å². The summed E-state index contributed by atoms with van der Waals surface area (Å²) in [5.41, 5.74) is 9.08. The second-order valence-electron chi connectivity index (χ2n) is 4.17. The van der Waals surface area contributed by atoms with Crippen LogP contribution in [0.3, 0.4) is 0 Å². The number of fused-ring (bicyclic) bond motifs is 1. The van der Waals surface area contributed by atoms with Crippen LogP contribution in [0.4, 0.5) is 0 Å². The second-order valence-corrected chi connectivity index (χ2v) is 5.51. The van der Waals surface area contributed by atoms with Gasteiger partial charge in [-0.05, 0) is 24.0 Å². The van der Waals surface area contributed by atoms with Gasteiger partial charge in [-0.3, -0.25) is 0 Å². The van der Waals surface area contributed by atoms with Gasteiger partial charge in [0.25, 0.3) is 0 Å². The summed E-state index contributed by atoms with van der Waals surface area (Å²) >= 11 is 1.94. The van der Waals surface area contributed by atoms with E-state index in [9.17, 15) is 0 Å². The van der Waals surface area contributed by atoms with Crippen LogP contribution < -0.4 is 5.73 Å². The van der Waals surface area contributed by atoms with Crippen molar-refractivity contribution in [3.8, 4) is 0 Å². The molecule has 1 aliphatic carbocycles. The molecule has 16 heavy (non-hydrogen) atoms. The van der Waals surface area contributed by atoms with Crippen LogP contribution in [0, 0.1) is 0 Å². The predicted molar refractivity (Wildman–Crippen MR) is 69.8 cm³/mol. The zero-order valence-corrected chi connectivity index (χ0v) is 10.5. The third-order valence-electron chi connectivity index (χ3n) is 3.13. The Morgan fingerprint density at radius 3 is 3.06 bits per heavy atom. The number of methoxy groups -OCH3 is 1. The Morgan fingerprint density at radius 1 is 1.44 bits per heavy atom. The molecule has 0 aliphatic heterocycles. The fourth-order valence-electron chi connectivity index (χ4n) is 2.23. The molecule has 1 aromatic carbocycles. The average Bonchev–Trinajstić information content (AvgIpc) is 2.33. The molecule has 1 aromatic rings. The zero-order chi connectivity index (χ0) is 11.4. The van der Waals surface area contributed by atoms with E-state index < -0.39 is 0 Å². The largest absolute Gasteiger partial charge is 0.384 e. The standard InChI is InChI=1S/C13H19NOS/c1-15-8-9-16-12-7-6-10-4-2-3-5-11(10)13(12)14/h2-5,12-13H,6-9,14H2,1H3. The van der Waals surface area contributed by atoms with Crippen LogP contribution in [0.25, 0.3) is 0 Å². The van der Waals surface area contributed by atoms with Crippen LogP contribution in [0.2, 0.25) is 0 Å². The monoisotopic (exact) mass is 237 g/mol. The highest BCUT2D eigenvalue weighted by molar-refractivity contribution is 7.99. The zero-order valence-electron chi connectivity index (χ0n) is 9.69. The van der Waals surface area contributed by atoms with E-state index >= 15 is 0 Å². The third kappa shape index (κ3) is 2.59. The van der Waals surface area contributed by atoms with Crippen LogP contribution in [-0.4, -0.2) is 24.7 Å². The van der Waals surface area contributed by atoms with Gasteiger partial charge in [0.05, 0.1) is 6.61 Å². The first-order chi connectivity index (χ1) is 7.83. The maximum Gasteiger partial charge on any atom is 0.0553 e. The Balaban J connectivity index is 2.00. The summed E-state index contributed by atoms with van der Waals surface area (Å²) < 4.78 is 5.08. The summed E-state index contributed by atoms with van der Waals surface area (Å²) in [6, 6.07) is 8.74. The minimum Gasteiger partial charge on any atom is -0.384 e. The molecule has 3 heteroatoms. The predicted octanol–water partition coefficient (Wildman–Crippen LogP) is 2.38. The first kappa shape index (κ1) is 12.0. The van der Waals surface area contributed by atoms with Gasteiger partial charge < -0.3 is 10.5 Å². The molecule has 2 nitrogen and oxygen atoms in total. The molecule has 2 unspecified atom stereocenters. The lowest BCUT2D eigenvalue weighted by molar-refractivity contribution is 0.218. The molecular formula is C13H19NOS. The van der Waals surface area contributed by atoms with Gasteiger partial charge in [0.2, 0.25) is 0 Å². The lowest BCUT2D eigenvalue weighted by atomic mass is 9.88. The summed E-state index contributed by atoms with van der Waals surface area (Å²) in [6.07, 6.45) is 2.35. The van der Waals surface area contributed by atoms with E-state index in [0.717, 1.165) is 18.8 Å². The minimum absolute atomic E-state index is 0.187. The fraction of sp³-hybridized carbons (Fsp3) is 0.538. The van der Waals surface area contributed by atoms with E-state index in [1.54, 1.807) is 7.11 Å². The van der Waals surface area contributed by atoms with Crippen molar-refractivity contribution < 1.29 is 4.74 Å². The third-order valence-corrected chi connectivity index (χ3v) is 4.49. The van der Waals surface area contributed by atoms with E-state index in [1.165, 1.54) is 17.5 Å².